The van der Waals surface area contributed by atoms with Crippen LogP contribution in [0.15, 0.2) is 71.7 Å². The van der Waals surface area contributed by atoms with E-state index in [4.69, 9.17) is 16.3 Å². The number of aromatic nitrogens is 1. The van der Waals surface area contributed by atoms with E-state index in [1.807, 2.05) is 6.07 Å². The lowest BCUT2D eigenvalue weighted by Gasteiger charge is -2.12. The number of pyridine rings is 1. The van der Waals surface area contributed by atoms with Crippen molar-refractivity contribution in [2.45, 2.75) is 13.5 Å². The van der Waals surface area contributed by atoms with Crippen LogP contribution in [0.3, 0.4) is 0 Å². The number of rotatable bonds is 7. The monoisotopic (exact) mass is 410 g/mol. The van der Waals surface area contributed by atoms with Crippen LogP contribution in [0.25, 0.3) is 0 Å². The Morgan fingerprint density at radius 1 is 1.07 bits per heavy atom. The Balaban J connectivity index is 1.84. The zero-order valence-corrected chi connectivity index (χ0v) is 16.5. The standard InChI is InChI=1S/C22H19ClN2O4/c1-2-29-19-9-6-12-25(22(19)28)14-20(26)24-18-11-10-16(23)13-17(18)21(27)15-7-4-3-5-8-15/h3-13H,2,14H2,1H3,(H,24,26). The smallest absolute Gasteiger partial charge is 0.293 e. The molecule has 29 heavy (non-hydrogen) atoms. The van der Waals surface area contributed by atoms with Gasteiger partial charge in [-0.05, 0) is 37.3 Å². The Morgan fingerprint density at radius 3 is 2.55 bits per heavy atom. The highest BCUT2D eigenvalue weighted by Gasteiger charge is 2.16. The molecule has 1 heterocycles. The summed E-state index contributed by atoms with van der Waals surface area (Å²) >= 11 is 6.06. The molecule has 0 atom stereocenters. The summed E-state index contributed by atoms with van der Waals surface area (Å²) < 4.78 is 6.51. The Morgan fingerprint density at radius 2 is 1.83 bits per heavy atom. The molecule has 1 N–H and O–H groups in total. The lowest BCUT2D eigenvalue weighted by molar-refractivity contribution is -0.116. The molecule has 0 unspecified atom stereocenters. The van der Waals surface area contributed by atoms with Gasteiger partial charge in [0.15, 0.2) is 11.5 Å². The third-order valence-corrected chi connectivity index (χ3v) is 4.37. The number of carbonyl (C=O) groups is 2. The zero-order valence-electron chi connectivity index (χ0n) is 15.7. The van der Waals surface area contributed by atoms with Gasteiger partial charge in [0.05, 0.1) is 12.3 Å². The number of amides is 1. The van der Waals surface area contributed by atoms with E-state index >= 15 is 0 Å². The van der Waals surface area contributed by atoms with Gasteiger partial charge in [-0.15, -0.1) is 0 Å². The Kier molecular flexibility index (Phi) is 6.46. The normalized spacial score (nSPS) is 10.4. The van der Waals surface area contributed by atoms with Crippen molar-refractivity contribution in [1.82, 2.24) is 4.57 Å². The summed E-state index contributed by atoms with van der Waals surface area (Å²) in [7, 11) is 0. The second kappa shape index (κ2) is 9.21. The highest BCUT2D eigenvalue weighted by molar-refractivity contribution is 6.31. The molecule has 7 heteroatoms. The molecule has 1 aromatic heterocycles. The van der Waals surface area contributed by atoms with E-state index in [1.54, 1.807) is 55.5 Å². The van der Waals surface area contributed by atoms with Gasteiger partial charge in [-0.25, -0.2) is 0 Å². The number of hydrogen-bond acceptors (Lipinski definition) is 4. The minimum absolute atomic E-state index is 0.175. The second-order valence-electron chi connectivity index (χ2n) is 6.17. The van der Waals surface area contributed by atoms with Gasteiger partial charge in [0, 0.05) is 22.3 Å². The number of halogens is 1. The minimum Gasteiger partial charge on any atom is -0.488 e. The predicted octanol–water partition coefficient (Wildman–Crippen LogP) is 3.77. The first-order chi connectivity index (χ1) is 14.0. The fraction of sp³-hybridized carbons (Fsp3) is 0.136. The van der Waals surface area contributed by atoms with Crippen LogP contribution in [0.1, 0.15) is 22.8 Å². The van der Waals surface area contributed by atoms with Gasteiger partial charge in [-0.1, -0.05) is 41.9 Å². The molecule has 1 amide bonds. The fourth-order valence-electron chi connectivity index (χ4n) is 2.81. The molecule has 3 aromatic rings. The van der Waals surface area contributed by atoms with Gasteiger partial charge in [0.2, 0.25) is 5.91 Å². The molecule has 6 nitrogen and oxygen atoms in total. The highest BCUT2D eigenvalue weighted by atomic mass is 35.5. The first-order valence-corrected chi connectivity index (χ1v) is 9.38. The maximum atomic E-state index is 12.8. The van der Waals surface area contributed by atoms with E-state index < -0.39 is 11.5 Å². The molecule has 148 valence electrons. The summed E-state index contributed by atoms with van der Waals surface area (Å²) in [5.74, 6) is -0.543. The average molecular weight is 411 g/mol. The number of carbonyl (C=O) groups excluding carboxylic acids is 2. The van der Waals surface area contributed by atoms with Crippen LogP contribution in [0.4, 0.5) is 5.69 Å². The van der Waals surface area contributed by atoms with Crippen molar-refractivity contribution < 1.29 is 14.3 Å². The maximum Gasteiger partial charge on any atom is 0.293 e. The van der Waals surface area contributed by atoms with Gasteiger partial charge in [0.25, 0.3) is 5.56 Å². The van der Waals surface area contributed by atoms with E-state index in [-0.39, 0.29) is 23.6 Å². The number of hydrogen-bond donors (Lipinski definition) is 1. The molecule has 0 saturated carbocycles. The Bertz CT molecular complexity index is 1090. The van der Waals surface area contributed by atoms with Gasteiger partial charge in [-0.3, -0.25) is 14.4 Å². The van der Waals surface area contributed by atoms with Crippen molar-refractivity contribution in [2.75, 3.05) is 11.9 Å². The third-order valence-electron chi connectivity index (χ3n) is 4.14. The summed E-state index contributed by atoms with van der Waals surface area (Å²) in [6.45, 7) is 1.90. The number of anilines is 1. The van der Waals surface area contributed by atoms with Crippen LogP contribution in [0, 0.1) is 0 Å². The van der Waals surface area contributed by atoms with Crippen molar-refractivity contribution in [1.29, 1.82) is 0 Å². The van der Waals surface area contributed by atoms with E-state index in [0.29, 0.717) is 22.9 Å². The molecule has 0 aliphatic heterocycles. The summed E-state index contributed by atoms with van der Waals surface area (Å²) in [5.41, 5.74) is 0.668. The van der Waals surface area contributed by atoms with Crippen LogP contribution < -0.4 is 15.6 Å². The highest BCUT2D eigenvalue weighted by Crippen LogP contribution is 2.24. The molecule has 0 aliphatic carbocycles. The van der Waals surface area contributed by atoms with Crippen molar-refractivity contribution >= 4 is 29.0 Å². The summed E-state index contributed by atoms with van der Waals surface area (Å²) in [6, 6.07) is 16.5. The Labute approximate surface area is 172 Å². The number of nitrogens with one attached hydrogen (secondary N) is 1. The molecule has 3 rings (SSSR count). The molecular formula is C22H19ClN2O4. The third kappa shape index (κ3) is 4.92. The molecule has 2 aromatic carbocycles. The first kappa shape index (κ1) is 20.4. The van der Waals surface area contributed by atoms with Crippen LogP contribution in [-0.4, -0.2) is 22.9 Å². The van der Waals surface area contributed by atoms with Crippen molar-refractivity contribution in [2.24, 2.45) is 0 Å². The van der Waals surface area contributed by atoms with E-state index in [1.165, 1.54) is 16.8 Å². The summed E-state index contributed by atoms with van der Waals surface area (Å²) in [5, 5.41) is 3.07. The van der Waals surface area contributed by atoms with E-state index in [2.05, 4.69) is 5.32 Å². The molecule has 0 aliphatic rings. The molecular weight excluding hydrogens is 392 g/mol. The number of ether oxygens (including phenoxy) is 1. The zero-order chi connectivity index (χ0) is 20.8. The SMILES string of the molecule is CCOc1cccn(CC(=O)Nc2ccc(Cl)cc2C(=O)c2ccccc2)c1=O. The van der Waals surface area contributed by atoms with Crippen molar-refractivity contribution in [3.05, 3.63) is 93.4 Å². The predicted molar refractivity (Wildman–Crippen MR) is 112 cm³/mol. The van der Waals surface area contributed by atoms with Gasteiger partial charge >= 0.3 is 0 Å². The van der Waals surface area contributed by atoms with Crippen molar-refractivity contribution in [3.63, 3.8) is 0 Å². The molecule has 0 spiro atoms. The number of ketones is 1. The Hall–Kier alpha value is -3.38. The van der Waals surface area contributed by atoms with Gasteiger partial charge < -0.3 is 14.6 Å². The van der Waals surface area contributed by atoms with Crippen LogP contribution in [0.2, 0.25) is 5.02 Å². The summed E-state index contributed by atoms with van der Waals surface area (Å²) in [6.07, 6.45) is 1.50. The fourth-order valence-corrected chi connectivity index (χ4v) is 2.98. The number of benzene rings is 2. The van der Waals surface area contributed by atoms with Gasteiger partial charge in [0.1, 0.15) is 6.54 Å². The topological polar surface area (TPSA) is 77.4 Å². The lowest BCUT2D eigenvalue weighted by atomic mass is 10.0. The number of nitrogens with zero attached hydrogens (tertiary/aromatic N) is 1. The average Bonchev–Trinajstić information content (AvgIpc) is 2.72. The van der Waals surface area contributed by atoms with Gasteiger partial charge in [-0.2, -0.15) is 0 Å². The van der Waals surface area contributed by atoms with Crippen molar-refractivity contribution in [3.8, 4) is 5.75 Å². The lowest BCUT2D eigenvalue weighted by Crippen LogP contribution is -2.28. The second-order valence-corrected chi connectivity index (χ2v) is 6.61. The quantitative estimate of drug-likeness (QED) is 0.601. The van der Waals surface area contributed by atoms with Crippen LogP contribution >= 0.6 is 11.6 Å². The maximum absolute atomic E-state index is 12.8. The molecule has 0 saturated heterocycles. The van der Waals surface area contributed by atoms with E-state index in [9.17, 15) is 14.4 Å². The van der Waals surface area contributed by atoms with E-state index in [0.717, 1.165) is 0 Å². The molecule has 0 radical (unpaired) electrons. The minimum atomic E-state index is -0.454. The largest absolute Gasteiger partial charge is 0.488 e. The molecule has 0 bridgehead atoms. The van der Waals surface area contributed by atoms with Crippen LogP contribution in [-0.2, 0) is 11.3 Å². The molecule has 0 fully saturated rings. The first-order valence-electron chi connectivity index (χ1n) is 9.01. The van der Waals surface area contributed by atoms with Crippen LogP contribution in [0.5, 0.6) is 5.75 Å². The summed E-state index contributed by atoms with van der Waals surface area (Å²) in [4.78, 5) is 37.7.